The van der Waals surface area contributed by atoms with Gasteiger partial charge < -0.3 is 16.0 Å². The number of hydrogen-bond acceptors (Lipinski definition) is 3. The fraction of sp³-hybridized carbons (Fsp3) is 0.833. The van der Waals surface area contributed by atoms with Crippen molar-refractivity contribution >= 4 is 11.8 Å². The second kappa shape index (κ2) is 6.59. The summed E-state index contributed by atoms with van der Waals surface area (Å²) in [6, 6.07) is 0.566. The molecule has 5 nitrogen and oxygen atoms in total. The van der Waals surface area contributed by atoms with E-state index in [1.807, 2.05) is 11.8 Å². The second-order valence-electron chi connectivity index (χ2n) is 4.58. The van der Waals surface area contributed by atoms with Crippen molar-refractivity contribution in [1.82, 2.24) is 10.2 Å². The largest absolute Gasteiger partial charge is 0.352 e. The summed E-state index contributed by atoms with van der Waals surface area (Å²) in [5.74, 6) is 0.0503. The van der Waals surface area contributed by atoms with Gasteiger partial charge in [0.1, 0.15) is 0 Å². The average Bonchev–Trinajstić information content (AvgIpc) is 2.31. The predicted octanol–water partition coefficient (Wildman–Crippen LogP) is 0.241. The van der Waals surface area contributed by atoms with E-state index < -0.39 is 0 Å². The van der Waals surface area contributed by atoms with Gasteiger partial charge in [-0.3, -0.25) is 9.59 Å². The fourth-order valence-corrected chi connectivity index (χ4v) is 2.56. The van der Waals surface area contributed by atoms with Crippen LogP contribution < -0.4 is 11.1 Å². The van der Waals surface area contributed by atoms with Crippen LogP contribution >= 0.6 is 0 Å². The number of carbonyl (C=O) groups excluding carboxylic acids is 2. The van der Waals surface area contributed by atoms with Gasteiger partial charge in [0.25, 0.3) is 0 Å². The Labute approximate surface area is 103 Å². The van der Waals surface area contributed by atoms with E-state index in [4.69, 9.17) is 5.73 Å². The van der Waals surface area contributed by atoms with Crippen molar-refractivity contribution in [2.75, 3.05) is 13.1 Å². The highest BCUT2D eigenvalue weighted by molar-refractivity contribution is 5.78. The molecule has 17 heavy (non-hydrogen) atoms. The highest BCUT2D eigenvalue weighted by Gasteiger charge is 2.26. The molecule has 1 fully saturated rings. The molecule has 5 heteroatoms. The first kappa shape index (κ1) is 14.0. The molecule has 0 heterocycles. The molecule has 0 atom stereocenters. The van der Waals surface area contributed by atoms with E-state index >= 15 is 0 Å². The van der Waals surface area contributed by atoms with Crippen molar-refractivity contribution in [3.63, 3.8) is 0 Å². The van der Waals surface area contributed by atoms with Crippen LogP contribution in [0.3, 0.4) is 0 Å². The van der Waals surface area contributed by atoms with Gasteiger partial charge in [-0.1, -0.05) is 0 Å². The lowest BCUT2D eigenvalue weighted by atomic mass is 9.90. The standard InChI is InChI=1S/C12H23N3O2/c1-3-15(9(2)16)11-6-4-10(5-7-11)14-12(17)8-13/h10-11H,3-8,13H2,1-2H3,(H,14,17). The van der Waals surface area contributed by atoms with Crippen LogP contribution in [0.25, 0.3) is 0 Å². The highest BCUT2D eigenvalue weighted by Crippen LogP contribution is 2.23. The van der Waals surface area contributed by atoms with Gasteiger partial charge >= 0.3 is 0 Å². The normalized spacial score (nSPS) is 24.2. The molecular formula is C12H23N3O2. The molecular weight excluding hydrogens is 218 g/mol. The molecule has 0 radical (unpaired) electrons. The Morgan fingerprint density at radius 2 is 1.88 bits per heavy atom. The van der Waals surface area contributed by atoms with Crippen molar-refractivity contribution < 1.29 is 9.59 Å². The minimum absolute atomic E-state index is 0.0501. The van der Waals surface area contributed by atoms with Crippen LogP contribution in [0.2, 0.25) is 0 Å². The average molecular weight is 241 g/mol. The van der Waals surface area contributed by atoms with Crippen LogP contribution in [0.1, 0.15) is 39.5 Å². The summed E-state index contributed by atoms with van der Waals surface area (Å²) in [4.78, 5) is 24.5. The molecule has 0 saturated heterocycles. The number of nitrogens with one attached hydrogen (secondary N) is 1. The highest BCUT2D eigenvalue weighted by atomic mass is 16.2. The molecule has 1 aliphatic carbocycles. The molecule has 0 spiro atoms. The SMILES string of the molecule is CCN(C(C)=O)C1CCC(NC(=O)CN)CC1. The Hall–Kier alpha value is -1.10. The van der Waals surface area contributed by atoms with Crippen molar-refractivity contribution in [2.24, 2.45) is 5.73 Å². The third-order valence-corrected chi connectivity index (χ3v) is 3.43. The summed E-state index contributed by atoms with van der Waals surface area (Å²) in [7, 11) is 0. The first-order valence-electron chi connectivity index (χ1n) is 6.35. The molecule has 98 valence electrons. The minimum Gasteiger partial charge on any atom is -0.352 e. The van der Waals surface area contributed by atoms with Gasteiger partial charge in [0.05, 0.1) is 6.54 Å². The summed E-state index contributed by atoms with van der Waals surface area (Å²) >= 11 is 0. The summed E-state index contributed by atoms with van der Waals surface area (Å²) in [5, 5.41) is 2.91. The van der Waals surface area contributed by atoms with Crippen LogP contribution in [-0.2, 0) is 9.59 Å². The maximum Gasteiger partial charge on any atom is 0.233 e. The Kier molecular flexibility index (Phi) is 5.41. The number of amides is 2. The topological polar surface area (TPSA) is 75.4 Å². The molecule has 1 saturated carbocycles. The quantitative estimate of drug-likeness (QED) is 0.740. The zero-order valence-corrected chi connectivity index (χ0v) is 10.7. The van der Waals surface area contributed by atoms with Crippen LogP contribution in [-0.4, -0.2) is 41.9 Å². The monoisotopic (exact) mass is 241 g/mol. The Morgan fingerprint density at radius 1 is 1.29 bits per heavy atom. The molecule has 0 bridgehead atoms. The van der Waals surface area contributed by atoms with Gasteiger partial charge in [0.15, 0.2) is 0 Å². The Bertz CT molecular complexity index is 273. The zero-order valence-electron chi connectivity index (χ0n) is 10.7. The van der Waals surface area contributed by atoms with Crippen molar-refractivity contribution in [3.8, 4) is 0 Å². The van der Waals surface area contributed by atoms with E-state index in [1.54, 1.807) is 6.92 Å². The van der Waals surface area contributed by atoms with E-state index in [2.05, 4.69) is 5.32 Å². The number of nitrogens with zero attached hydrogens (tertiary/aromatic N) is 1. The van der Waals surface area contributed by atoms with Crippen LogP contribution in [0, 0.1) is 0 Å². The van der Waals surface area contributed by atoms with Gasteiger partial charge in [0, 0.05) is 25.6 Å². The number of rotatable bonds is 4. The summed E-state index contributed by atoms with van der Waals surface area (Å²) in [6.07, 6.45) is 3.78. The second-order valence-corrected chi connectivity index (χ2v) is 4.58. The summed E-state index contributed by atoms with van der Waals surface area (Å²) < 4.78 is 0. The van der Waals surface area contributed by atoms with Gasteiger partial charge in [-0.2, -0.15) is 0 Å². The molecule has 0 aromatic rings. The maximum absolute atomic E-state index is 11.4. The smallest absolute Gasteiger partial charge is 0.233 e. The fourth-order valence-electron chi connectivity index (χ4n) is 2.56. The number of nitrogens with two attached hydrogens (primary N) is 1. The van der Waals surface area contributed by atoms with E-state index in [9.17, 15) is 9.59 Å². The summed E-state index contributed by atoms with van der Waals surface area (Å²) in [6.45, 7) is 4.43. The Morgan fingerprint density at radius 3 is 2.29 bits per heavy atom. The zero-order chi connectivity index (χ0) is 12.8. The van der Waals surface area contributed by atoms with Crippen LogP contribution in [0.4, 0.5) is 0 Å². The molecule has 0 aromatic carbocycles. The lowest BCUT2D eigenvalue weighted by Crippen LogP contribution is -2.46. The first-order chi connectivity index (χ1) is 8.08. The molecule has 3 N–H and O–H groups in total. The molecule has 0 unspecified atom stereocenters. The molecule has 0 aromatic heterocycles. The van der Waals surface area contributed by atoms with Crippen LogP contribution in [0.5, 0.6) is 0 Å². The first-order valence-corrected chi connectivity index (χ1v) is 6.35. The molecule has 1 rings (SSSR count). The van der Waals surface area contributed by atoms with Crippen molar-refractivity contribution in [2.45, 2.75) is 51.6 Å². The van der Waals surface area contributed by atoms with E-state index in [0.29, 0.717) is 6.04 Å². The van der Waals surface area contributed by atoms with Gasteiger partial charge in [-0.25, -0.2) is 0 Å². The van der Waals surface area contributed by atoms with E-state index in [1.165, 1.54) is 0 Å². The molecule has 1 aliphatic rings. The predicted molar refractivity (Wildman–Crippen MR) is 66.3 cm³/mol. The molecule has 0 aliphatic heterocycles. The lowest BCUT2D eigenvalue weighted by Gasteiger charge is -2.36. The third kappa shape index (κ3) is 4.00. The third-order valence-electron chi connectivity index (χ3n) is 3.43. The van der Waals surface area contributed by atoms with Gasteiger partial charge in [-0.15, -0.1) is 0 Å². The minimum atomic E-state index is -0.0904. The maximum atomic E-state index is 11.4. The van der Waals surface area contributed by atoms with E-state index in [-0.39, 0.29) is 24.4 Å². The number of hydrogen-bond donors (Lipinski definition) is 2. The Balaban J connectivity index is 2.39. The van der Waals surface area contributed by atoms with Crippen molar-refractivity contribution in [3.05, 3.63) is 0 Å². The van der Waals surface area contributed by atoms with Crippen LogP contribution in [0.15, 0.2) is 0 Å². The summed E-state index contributed by atoms with van der Waals surface area (Å²) in [5.41, 5.74) is 5.26. The van der Waals surface area contributed by atoms with Gasteiger partial charge in [0.2, 0.25) is 11.8 Å². The van der Waals surface area contributed by atoms with E-state index in [0.717, 1.165) is 32.2 Å². The van der Waals surface area contributed by atoms with Gasteiger partial charge in [-0.05, 0) is 32.6 Å². The number of carbonyl (C=O) groups is 2. The van der Waals surface area contributed by atoms with Crippen molar-refractivity contribution in [1.29, 1.82) is 0 Å². The molecule has 2 amide bonds. The lowest BCUT2D eigenvalue weighted by molar-refractivity contribution is -0.132.